The predicted molar refractivity (Wildman–Crippen MR) is 61.7 cm³/mol. The highest BCUT2D eigenvalue weighted by atomic mass is 16.2. The molecule has 92 valence electrons. The molecular formula is C11H21N3O2. The van der Waals surface area contributed by atoms with Gasteiger partial charge in [0.15, 0.2) is 0 Å². The van der Waals surface area contributed by atoms with E-state index >= 15 is 0 Å². The molecule has 5 heteroatoms. The normalized spacial score (nSPS) is 17.8. The first kappa shape index (κ1) is 13.0. The van der Waals surface area contributed by atoms with Crippen LogP contribution in [0.4, 0.5) is 0 Å². The van der Waals surface area contributed by atoms with E-state index in [4.69, 9.17) is 5.73 Å². The van der Waals surface area contributed by atoms with Crippen LogP contribution >= 0.6 is 0 Å². The minimum Gasteiger partial charge on any atom is -0.350 e. The fraction of sp³-hybridized carbons (Fsp3) is 0.818. The first-order valence-corrected chi connectivity index (χ1v) is 5.49. The molecule has 0 aromatic heterocycles. The molecule has 5 nitrogen and oxygen atoms in total. The van der Waals surface area contributed by atoms with Gasteiger partial charge in [0.1, 0.15) is 0 Å². The Bertz CT molecular complexity index is 303. The topological polar surface area (TPSA) is 75.4 Å². The second kappa shape index (κ2) is 4.05. The van der Waals surface area contributed by atoms with Gasteiger partial charge in [0.25, 0.3) is 0 Å². The van der Waals surface area contributed by atoms with Gasteiger partial charge < -0.3 is 16.0 Å². The van der Waals surface area contributed by atoms with E-state index < -0.39 is 5.54 Å². The third-order valence-electron chi connectivity index (χ3n) is 2.46. The molecule has 0 atom stereocenters. The molecule has 0 unspecified atom stereocenters. The molecule has 0 saturated heterocycles. The minimum absolute atomic E-state index is 0.0645. The third-order valence-corrected chi connectivity index (χ3v) is 2.46. The SMILES string of the molecule is CN(CC(=O)NC(C)(C)C)C(=O)C1(N)CC1. The fourth-order valence-corrected chi connectivity index (χ4v) is 1.47. The number of nitrogens with one attached hydrogen (secondary N) is 1. The van der Waals surface area contributed by atoms with Gasteiger partial charge in [-0.1, -0.05) is 0 Å². The van der Waals surface area contributed by atoms with Crippen molar-refractivity contribution >= 4 is 11.8 Å². The smallest absolute Gasteiger partial charge is 0.242 e. The number of carbonyl (C=O) groups excluding carboxylic acids is 2. The second-order valence-corrected chi connectivity index (χ2v) is 5.62. The fourth-order valence-electron chi connectivity index (χ4n) is 1.47. The van der Waals surface area contributed by atoms with Crippen LogP contribution in [0.1, 0.15) is 33.6 Å². The summed E-state index contributed by atoms with van der Waals surface area (Å²) in [4.78, 5) is 24.7. The molecule has 0 bridgehead atoms. The summed E-state index contributed by atoms with van der Waals surface area (Å²) in [5.41, 5.74) is 4.80. The number of nitrogens with zero attached hydrogens (tertiary/aromatic N) is 1. The van der Waals surface area contributed by atoms with Crippen LogP contribution in [0.5, 0.6) is 0 Å². The lowest BCUT2D eigenvalue weighted by atomic mass is 10.1. The predicted octanol–water partition coefficient (Wildman–Crippen LogP) is -0.149. The van der Waals surface area contributed by atoms with Gasteiger partial charge in [-0.15, -0.1) is 0 Å². The Morgan fingerprint density at radius 3 is 2.25 bits per heavy atom. The minimum atomic E-state index is -0.698. The van der Waals surface area contributed by atoms with E-state index in [2.05, 4.69) is 5.32 Å². The van der Waals surface area contributed by atoms with Crippen LogP contribution in [-0.4, -0.2) is 41.4 Å². The number of likely N-dealkylation sites (N-methyl/N-ethyl adjacent to an activating group) is 1. The molecule has 1 aliphatic carbocycles. The van der Waals surface area contributed by atoms with E-state index in [1.807, 2.05) is 20.8 Å². The summed E-state index contributed by atoms with van der Waals surface area (Å²) in [6.07, 6.45) is 1.44. The van der Waals surface area contributed by atoms with Crippen molar-refractivity contribution in [2.45, 2.75) is 44.7 Å². The maximum Gasteiger partial charge on any atom is 0.242 e. The Morgan fingerprint density at radius 2 is 1.88 bits per heavy atom. The Morgan fingerprint density at radius 1 is 1.38 bits per heavy atom. The molecule has 0 aromatic rings. The maximum atomic E-state index is 11.7. The van der Waals surface area contributed by atoms with E-state index in [1.165, 1.54) is 4.90 Å². The summed E-state index contributed by atoms with van der Waals surface area (Å²) in [6.45, 7) is 5.77. The summed E-state index contributed by atoms with van der Waals surface area (Å²) >= 11 is 0. The average molecular weight is 227 g/mol. The summed E-state index contributed by atoms with van der Waals surface area (Å²) in [5.74, 6) is -0.302. The molecule has 0 aliphatic heterocycles. The Hall–Kier alpha value is -1.10. The lowest BCUT2D eigenvalue weighted by molar-refractivity contribution is -0.136. The highest BCUT2D eigenvalue weighted by Crippen LogP contribution is 2.33. The number of rotatable bonds is 3. The second-order valence-electron chi connectivity index (χ2n) is 5.62. The van der Waals surface area contributed by atoms with Gasteiger partial charge in [0.05, 0.1) is 12.1 Å². The van der Waals surface area contributed by atoms with Gasteiger partial charge in [-0.3, -0.25) is 9.59 Å². The van der Waals surface area contributed by atoms with E-state index in [-0.39, 0.29) is 23.9 Å². The number of hydrogen-bond donors (Lipinski definition) is 2. The van der Waals surface area contributed by atoms with Crippen LogP contribution in [0.25, 0.3) is 0 Å². The zero-order valence-electron chi connectivity index (χ0n) is 10.5. The Balaban J connectivity index is 2.42. The molecule has 3 N–H and O–H groups in total. The lowest BCUT2D eigenvalue weighted by Crippen LogP contribution is -2.50. The van der Waals surface area contributed by atoms with Crippen molar-refractivity contribution in [1.82, 2.24) is 10.2 Å². The third kappa shape index (κ3) is 3.48. The highest BCUT2D eigenvalue weighted by Gasteiger charge is 2.47. The zero-order valence-corrected chi connectivity index (χ0v) is 10.5. The molecule has 2 amide bonds. The van der Waals surface area contributed by atoms with Crippen LogP contribution in [0.2, 0.25) is 0 Å². The first-order valence-electron chi connectivity index (χ1n) is 5.49. The summed E-state index contributed by atoms with van der Waals surface area (Å²) < 4.78 is 0. The van der Waals surface area contributed by atoms with Gasteiger partial charge >= 0.3 is 0 Å². The van der Waals surface area contributed by atoms with Crippen LogP contribution in [-0.2, 0) is 9.59 Å². The van der Waals surface area contributed by atoms with Gasteiger partial charge in [0, 0.05) is 12.6 Å². The summed E-state index contributed by atoms with van der Waals surface area (Å²) in [5, 5.41) is 2.80. The van der Waals surface area contributed by atoms with Crippen LogP contribution in [0.15, 0.2) is 0 Å². The molecule has 1 rings (SSSR count). The van der Waals surface area contributed by atoms with E-state index in [9.17, 15) is 9.59 Å². The van der Waals surface area contributed by atoms with Crippen molar-refractivity contribution in [3.05, 3.63) is 0 Å². The number of nitrogens with two attached hydrogens (primary N) is 1. The number of amides is 2. The van der Waals surface area contributed by atoms with Gasteiger partial charge in [0.2, 0.25) is 11.8 Å². The standard InChI is InChI=1S/C11H21N3O2/c1-10(2,3)13-8(15)7-14(4)9(16)11(12)5-6-11/h5-7,12H2,1-4H3,(H,13,15). The van der Waals surface area contributed by atoms with Crippen molar-refractivity contribution in [3.8, 4) is 0 Å². The molecule has 16 heavy (non-hydrogen) atoms. The molecule has 0 heterocycles. The number of hydrogen-bond acceptors (Lipinski definition) is 3. The zero-order chi connectivity index (χ0) is 12.6. The quantitative estimate of drug-likeness (QED) is 0.704. The van der Waals surface area contributed by atoms with Crippen LogP contribution in [0, 0.1) is 0 Å². The Labute approximate surface area is 96.4 Å². The molecule has 0 spiro atoms. The van der Waals surface area contributed by atoms with E-state index in [1.54, 1.807) is 7.05 Å². The van der Waals surface area contributed by atoms with Gasteiger partial charge in [-0.25, -0.2) is 0 Å². The largest absolute Gasteiger partial charge is 0.350 e. The molecule has 1 saturated carbocycles. The Kier molecular flexibility index (Phi) is 3.28. The first-order chi connectivity index (χ1) is 7.14. The monoisotopic (exact) mass is 227 g/mol. The van der Waals surface area contributed by atoms with E-state index in [0.29, 0.717) is 0 Å². The lowest BCUT2D eigenvalue weighted by Gasteiger charge is -2.24. The molecule has 0 radical (unpaired) electrons. The summed E-state index contributed by atoms with van der Waals surface area (Å²) in [6, 6.07) is 0. The molecular weight excluding hydrogens is 206 g/mol. The highest BCUT2D eigenvalue weighted by molar-refractivity contribution is 5.92. The average Bonchev–Trinajstić information content (AvgIpc) is 2.79. The van der Waals surface area contributed by atoms with Crippen LogP contribution < -0.4 is 11.1 Å². The van der Waals surface area contributed by atoms with Crippen molar-refractivity contribution < 1.29 is 9.59 Å². The molecule has 1 fully saturated rings. The summed E-state index contributed by atoms with van der Waals surface area (Å²) in [7, 11) is 1.61. The van der Waals surface area contributed by atoms with Crippen molar-refractivity contribution in [2.24, 2.45) is 5.73 Å². The van der Waals surface area contributed by atoms with Crippen molar-refractivity contribution in [3.63, 3.8) is 0 Å². The molecule has 0 aromatic carbocycles. The van der Waals surface area contributed by atoms with Crippen molar-refractivity contribution in [2.75, 3.05) is 13.6 Å². The number of carbonyl (C=O) groups is 2. The van der Waals surface area contributed by atoms with Crippen LogP contribution in [0.3, 0.4) is 0 Å². The molecule has 1 aliphatic rings. The van der Waals surface area contributed by atoms with Crippen molar-refractivity contribution in [1.29, 1.82) is 0 Å². The maximum absolute atomic E-state index is 11.7. The van der Waals surface area contributed by atoms with Gasteiger partial charge in [-0.05, 0) is 33.6 Å². The van der Waals surface area contributed by atoms with Gasteiger partial charge in [-0.2, -0.15) is 0 Å². The van der Waals surface area contributed by atoms with E-state index in [0.717, 1.165) is 12.8 Å².